The van der Waals surface area contributed by atoms with E-state index < -0.39 is 10.9 Å². The maximum Gasteiger partial charge on any atom is 0.372 e. The predicted octanol–water partition coefficient (Wildman–Crippen LogP) is 2.07. The molecule has 106 valence electrons. The van der Waals surface area contributed by atoms with Crippen LogP contribution in [0.4, 0.5) is 5.69 Å². The lowest BCUT2D eigenvalue weighted by atomic mass is 10.2. The number of hydrogen-bond donors (Lipinski definition) is 1. The van der Waals surface area contributed by atoms with Crippen molar-refractivity contribution in [2.75, 3.05) is 0 Å². The molecule has 0 amide bonds. The highest BCUT2D eigenvalue weighted by Gasteiger charge is 2.20. The Balaban J connectivity index is 2.18. The van der Waals surface area contributed by atoms with Gasteiger partial charge < -0.3 is 10.6 Å². The second-order valence-electron chi connectivity index (χ2n) is 4.00. The van der Waals surface area contributed by atoms with Gasteiger partial charge in [-0.3, -0.25) is 10.1 Å². The number of carbonyl (C=O) groups is 1. The first kappa shape index (κ1) is 14.2. The van der Waals surface area contributed by atoms with Crippen LogP contribution >= 0.6 is 0 Å². The summed E-state index contributed by atoms with van der Waals surface area (Å²) in [5, 5.41) is 14.3. The van der Waals surface area contributed by atoms with E-state index >= 15 is 0 Å². The Morgan fingerprint density at radius 1 is 1.10 bits per heavy atom. The molecule has 7 nitrogen and oxygen atoms in total. The van der Waals surface area contributed by atoms with Gasteiger partial charge in [0, 0.05) is 11.6 Å². The van der Waals surface area contributed by atoms with Crippen molar-refractivity contribution in [2.45, 2.75) is 0 Å². The van der Waals surface area contributed by atoms with Gasteiger partial charge in [-0.25, -0.2) is 4.79 Å². The molecule has 0 aromatic heterocycles. The third-order valence-electron chi connectivity index (χ3n) is 2.62. The first-order valence-electron chi connectivity index (χ1n) is 5.93. The molecular formula is C14H11N3O4. The van der Waals surface area contributed by atoms with Crippen LogP contribution in [-0.4, -0.2) is 16.7 Å². The van der Waals surface area contributed by atoms with E-state index in [1.54, 1.807) is 30.3 Å². The fraction of sp³-hybridized carbons (Fsp3) is 0. The van der Waals surface area contributed by atoms with Crippen LogP contribution in [0.5, 0.6) is 0 Å². The summed E-state index contributed by atoms with van der Waals surface area (Å²) >= 11 is 0. The summed E-state index contributed by atoms with van der Waals surface area (Å²) in [5.74, 6) is -0.941. The molecule has 2 rings (SSSR count). The van der Waals surface area contributed by atoms with Gasteiger partial charge in [0.1, 0.15) is 5.56 Å². The highest BCUT2D eigenvalue weighted by atomic mass is 16.7. The van der Waals surface area contributed by atoms with Gasteiger partial charge in [0.05, 0.1) is 4.92 Å². The number of benzene rings is 2. The maximum atomic E-state index is 11.8. The summed E-state index contributed by atoms with van der Waals surface area (Å²) in [6.45, 7) is 0. The van der Waals surface area contributed by atoms with Crippen molar-refractivity contribution in [3.8, 4) is 0 Å². The van der Waals surface area contributed by atoms with Gasteiger partial charge in [0.2, 0.25) is 0 Å². The van der Waals surface area contributed by atoms with Crippen LogP contribution in [0, 0.1) is 10.1 Å². The molecule has 0 spiro atoms. The molecule has 0 saturated carbocycles. The van der Waals surface area contributed by atoms with Gasteiger partial charge >= 0.3 is 5.97 Å². The first-order valence-corrected chi connectivity index (χ1v) is 5.93. The summed E-state index contributed by atoms with van der Waals surface area (Å²) in [4.78, 5) is 26.6. The molecule has 2 N–H and O–H groups in total. The van der Waals surface area contributed by atoms with Gasteiger partial charge in [-0.15, -0.1) is 0 Å². The molecule has 0 radical (unpaired) electrons. The van der Waals surface area contributed by atoms with Crippen LogP contribution in [-0.2, 0) is 4.84 Å². The molecule has 2 aromatic rings. The van der Waals surface area contributed by atoms with Crippen molar-refractivity contribution in [3.05, 3.63) is 75.8 Å². The Morgan fingerprint density at radius 3 is 2.38 bits per heavy atom. The molecule has 0 aliphatic carbocycles. The SMILES string of the molecule is N/C(=N\OC(=O)c1ccccc1[N+](=O)[O-])c1ccccc1. The van der Waals surface area contributed by atoms with Crippen molar-refractivity contribution in [3.63, 3.8) is 0 Å². The summed E-state index contributed by atoms with van der Waals surface area (Å²) < 4.78 is 0. The highest BCUT2D eigenvalue weighted by molar-refractivity contribution is 5.98. The number of oxime groups is 1. The third-order valence-corrected chi connectivity index (χ3v) is 2.62. The number of nitro groups is 1. The average molecular weight is 285 g/mol. The predicted molar refractivity (Wildman–Crippen MR) is 75.7 cm³/mol. The Labute approximate surface area is 119 Å². The zero-order valence-electron chi connectivity index (χ0n) is 10.8. The van der Waals surface area contributed by atoms with Crippen molar-refractivity contribution >= 4 is 17.5 Å². The maximum absolute atomic E-state index is 11.8. The molecule has 0 heterocycles. The number of nitrogens with zero attached hydrogens (tertiary/aromatic N) is 2. The lowest BCUT2D eigenvalue weighted by Crippen LogP contribution is -2.15. The minimum atomic E-state index is -0.943. The van der Waals surface area contributed by atoms with Gasteiger partial charge in [0.25, 0.3) is 5.69 Å². The monoisotopic (exact) mass is 285 g/mol. The second kappa shape index (κ2) is 6.29. The fourth-order valence-corrected chi connectivity index (χ4v) is 1.61. The molecule has 0 fully saturated rings. The lowest BCUT2D eigenvalue weighted by Gasteiger charge is -2.01. The number of nitrogens with two attached hydrogens (primary N) is 1. The molecule has 0 saturated heterocycles. The molecule has 0 atom stereocenters. The van der Waals surface area contributed by atoms with Crippen LogP contribution in [0.1, 0.15) is 15.9 Å². The van der Waals surface area contributed by atoms with Gasteiger partial charge in [0.15, 0.2) is 5.84 Å². The number of para-hydroxylation sites is 1. The van der Waals surface area contributed by atoms with Gasteiger partial charge in [-0.05, 0) is 6.07 Å². The average Bonchev–Trinajstić information content (AvgIpc) is 2.53. The van der Waals surface area contributed by atoms with Crippen molar-refractivity contribution < 1.29 is 14.6 Å². The second-order valence-corrected chi connectivity index (χ2v) is 4.00. The summed E-state index contributed by atoms with van der Waals surface area (Å²) in [7, 11) is 0. The standard InChI is InChI=1S/C14H11N3O4/c15-13(10-6-2-1-3-7-10)16-21-14(18)11-8-4-5-9-12(11)17(19)20/h1-9H,(H2,15,16). The number of nitro benzene ring substituents is 1. The Kier molecular flexibility index (Phi) is 4.25. The van der Waals surface area contributed by atoms with Crippen molar-refractivity contribution in [2.24, 2.45) is 10.9 Å². The van der Waals surface area contributed by atoms with E-state index in [-0.39, 0.29) is 17.1 Å². The first-order chi connectivity index (χ1) is 10.1. The zero-order chi connectivity index (χ0) is 15.2. The van der Waals surface area contributed by atoms with Crippen LogP contribution in [0.2, 0.25) is 0 Å². The highest BCUT2D eigenvalue weighted by Crippen LogP contribution is 2.18. The quantitative estimate of drug-likeness (QED) is 0.304. The fourth-order valence-electron chi connectivity index (χ4n) is 1.61. The summed E-state index contributed by atoms with van der Waals surface area (Å²) in [5.41, 5.74) is 5.70. The Morgan fingerprint density at radius 2 is 1.71 bits per heavy atom. The van der Waals surface area contributed by atoms with Crippen LogP contribution in [0.15, 0.2) is 59.8 Å². The minimum Gasteiger partial charge on any atom is -0.380 e. The molecule has 2 aromatic carbocycles. The Hall–Kier alpha value is -3.22. The summed E-state index contributed by atoms with van der Waals surface area (Å²) in [6.07, 6.45) is 0. The molecule has 0 unspecified atom stereocenters. The zero-order valence-corrected chi connectivity index (χ0v) is 10.8. The normalized spacial score (nSPS) is 11.0. The number of hydrogen-bond acceptors (Lipinski definition) is 5. The Bertz CT molecular complexity index is 698. The van der Waals surface area contributed by atoms with E-state index in [4.69, 9.17) is 5.73 Å². The van der Waals surface area contributed by atoms with Crippen molar-refractivity contribution in [1.29, 1.82) is 0 Å². The number of rotatable bonds is 4. The van der Waals surface area contributed by atoms with Crippen LogP contribution in [0.3, 0.4) is 0 Å². The van der Waals surface area contributed by atoms with E-state index in [0.29, 0.717) is 5.56 Å². The third kappa shape index (κ3) is 3.41. The molecule has 0 aliphatic rings. The van der Waals surface area contributed by atoms with Crippen LogP contribution in [0.25, 0.3) is 0 Å². The molecule has 0 aliphatic heterocycles. The summed E-state index contributed by atoms with van der Waals surface area (Å²) in [6, 6.07) is 14.1. The van der Waals surface area contributed by atoms with E-state index in [2.05, 4.69) is 9.99 Å². The van der Waals surface area contributed by atoms with Crippen LogP contribution < -0.4 is 5.73 Å². The molecular weight excluding hydrogens is 274 g/mol. The van der Waals surface area contributed by atoms with Crippen molar-refractivity contribution in [1.82, 2.24) is 0 Å². The smallest absolute Gasteiger partial charge is 0.372 e. The van der Waals surface area contributed by atoms with Gasteiger partial charge in [-0.1, -0.05) is 47.6 Å². The topological polar surface area (TPSA) is 108 Å². The molecule has 0 bridgehead atoms. The van der Waals surface area contributed by atoms with E-state index in [9.17, 15) is 14.9 Å². The molecule has 21 heavy (non-hydrogen) atoms. The van der Waals surface area contributed by atoms with E-state index in [1.807, 2.05) is 0 Å². The molecule has 7 heteroatoms. The number of amidine groups is 1. The lowest BCUT2D eigenvalue weighted by molar-refractivity contribution is -0.385. The largest absolute Gasteiger partial charge is 0.380 e. The van der Waals surface area contributed by atoms with E-state index in [0.717, 1.165) is 0 Å². The minimum absolute atomic E-state index is 0.00235. The van der Waals surface area contributed by atoms with Gasteiger partial charge in [-0.2, -0.15) is 0 Å². The van der Waals surface area contributed by atoms with E-state index in [1.165, 1.54) is 24.3 Å². The number of carbonyl (C=O) groups excluding carboxylic acids is 1.